The molecule has 2 atom stereocenters. The molecule has 0 saturated carbocycles. The minimum Gasteiger partial charge on any atom is -0.493 e. The van der Waals surface area contributed by atoms with Gasteiger partial charge in [0.1, 0.15) is 18.4 Å². The van der Waals surface area contributed by atoms with E-state index in [0.29, 0.717) is 12.0 Å². The summed E-state index contributed by atoms with van der Waals surface area (Å²) in [5, 5.41) is 2.36. The molecule has 2 rings (SSSR count). The molecule has 2 N–H and O–H groups in total. The topological polar surface area (TPSA) is 35.1 Å². The number of para-hydroxylation sites is 1. The van der Waals surface area contributed by atoms with Gasteiger partial charge in [0.05, 0.1) is 13.2 Å². The van der Waals surface area contributed by atoms with Gasteiger partial charge in [-0.3, -0.25) is 0 Å². The summed E-state index contributed by atoms with van der Waals surface area (Å²) in [5.41, 5.74) is 0. The fourth-order valence-electron chi connectivity index (χ4n) is 2.22. The van der Waals surface area contributed by atoms with E-state index in [1.165, 1.54) is 12.8 Å². The Morgan fingerprint density at radius 2 is 2.22 bits per heavy atom. The molecule has 3 heteroatoms. The zero-order chi connectivity index (χ0) is 12.6. The number of quaternary nitrogens is 1. The monoisotopic (exact) mass is 250 g/mol. The highest BCUT2D eigenvalue weighted by molar-refractivity contribution is 5.20. The Labute approximate surface area is 109 Å². The highest BCUT2D eigenvalue weighted by Gasteiger charge is 2.17. The lowest BCUT2D eigenvalue weighted by molar-refractivity contribution is -0.665. The molecule has 1 saturated heterocycles. The largest absolute Gasteiger partial charge is 0.493 e. The molecule has 1 aliphatic heterocycles. The molecule has 100 valence electrons. The lowest BCUT2D eigenvalue weighted by Gasteiger charge is -2.13. The number of hydrogen-bond acceptors (Lipinski definition) is 2. The van der Waals surface area contributed by atoms with Gasteiger partial charge in [0, 0.05) is 12.5 Å². The molecular weight excluding hydrogens is 226 g/mol. The zero-order valence-corrected chi connectivity index (χ0v) is 11.2. The van der Waals surface area contributed by atoms with E-state index in [4.69, 9.17) is 9.47 Å². The van der Waals surface area contributed by atoms with Gasteiger partial charge in [-0.05, 0) is 25.0 Å². The number of hydrogen-bond donors (Lipinski definition) is 1. The van der Waals surface area contributed by atoms with E-state index in [1.54, 1.807) is 0 Å². The van der Waals surface area contributed by atoms with Gasteiger partial charge in [0.15, 0.2) is 0 Å². The Bertz CT molecular complexity index is 323. The third-order valence-electron chi connectivity index (χ3n) is 3.30. The molecule has 1 aliphatic rings. The van der Waals surface area contributed by atoms with Gasteiger partial charge < -0.3 is 14.8 Å². The van der Waals surface area contributed by atoms with Crippen molar-refractivity contribution in [3.63, 3.8) is 0 Å². The standard InChI is InChI=1S/C15H23NO2/c1-13(10-16-11-15-8-5-9-17-15)12-18-14-6-3-2-4-7-14/h2-4,6-7,13,15-16H,5,8-12H2,1H3/p+1/t13-,15+/m1/s1. The van der Waals surface area contributed by atoms with E-state index in [-0.39, 0.29) is 0 Å². The van der Waals surface area contributed by atoms with Crippen LogP contribution in [-0.2, 0) is 4.74 Å². The Hall–Kier alpha value is -1.06. The van der Waals surface area contributed by atoms with Gasteiger partial charge in [-0.1, -0.05) is 25.1 Å². The quantitative estimate of drug-likeness (QED) is 0.795. The average Bonchev–Trinajstić information content (AvgIpc) is 2.91. The summed E-state index contributed by atoms with van der Waals surface area (Å²) < 4.78 is 11.3. The van der Waals surface area contributed by atoms with Crippen LogP contribution in [0.5, 0.6) is 5.75 Å². The third-order valence-corrected chi connectivity index (χ3v) is 3.30. The van der Waals surface area contributed by atoms with E-state index >= 15 is 0 Å². The van der Waals surface area contributed by atoms with Crippen LogP contribution in [0, 0.1) is 5.92 Å². The highest BCUT2D eigenvalue weighted by Crippen LogP contribution is 2.10. The van der Waals surface area contributed by atoms with Crippen LogP contribution in [0.3, 0.4) is 0 Å². The van der Waals surface area contributed by atoms with Gasteiger partial charge in [0.2, 0.25) is 0 Å². The molecule has 0 aromatic heterocycles. The zero-order valence-electron chi connectivity index (χ0n) is 11.2. The predicted molar refractivity (Wildman–Crippen MR) is 71.7 cm³/mol. The van der Waals surface area contributed by atoms with Crippen LogP contribution >= 0.6 is 0 Å². The average molecular weight is 250 g/mol. The lowest BCUT2D eigenvalue weighted by atomic mass is 10.2. The van der Waals surface area contributed by atoms with E-state index in [1.807, 2.05) is 30.3 Å². The molecule has 0 unspecified atom stereocenters. The summed E-state index contributed by atoms with van der Waals surface area (Å²) >= 11 is 0. The van der Waals surface area contributed by atoms with Crippen molar-refractivity contribution in [3.8, 4) is 5.75 Å². The maximum Gasteiger partial charge on any atom is 0.119 e. The number of ether oxygens (including phenoxy) is 2. The van der Waals surface area contributed by atoms with Gasteiger partial charge in [-0.2, -0.15) is 0 Å². The molecule has 0 amide bonds. The molecule has 1 heterocycles. The second-order valence-electron chi connectivity index (χ2n) is 5.12. The van der Waals surface area contributed by atoms with Crippen LogP contribution in [0.1, 0.15) is 19.8 Å². The third kappa shape index (κ3) is 4.67. The molecule has 3 nitrogen and oxygen atoms in total. The highest BCUT2D eigenvalue weighted by atomic mass is 16.5. The fraction of sp³-hybridized carbons (Fsp3) is 0.600. The molecule has 1 fully saturated rings. The van der Waals surface area contributed by atoms with Crippen LogP contribution in [-0.4, -0.2) is 32.4 Å². The van der Waals surface area contributed by atoms with E-state index in [9.17, 15) is 0 Å². The summed E-state index contributed by atoms with van der Waals surface area (Å²) in [6.45, 7) is 6.16. The fourth-order valence-corrected chi connectivity index (χ4v) is 2.22. The van der Waals surface area contributed by atoms with Crippen molar-refractivity contribution < 1.29 is 14.8 Å². The summed E-state index contributed by atoms with van der Waals surface area (Å²) in [4.78, 5) is 0. The summed E-state index contributed by atoms with van der Waals surface area (Å²) in [7, 11) is 0. The van der Waals surface area contributed by atoms with E-state index in [0.717, 1.165) is 32.1 Å². The second-order valence-corrected chi connectivity index (χ2v) is 5.12. The van der Waals surface area contributed by atoms with Gasteiger partial charge in [-0.25, -0.2) is 0 Å². The molecule has 0 radical (unpaired) electrons. The summed E-state index contributed by atoms with van der Waals surface area (Å²) in [6, 6.07) is 10.0. The summed E-state index contributed by atoms with van der Waals surface area (Å²) in [6.07, 6.45) is 2.93. The molecule has 18 heavy (non-hydrogen) atoms. The summed E-state index contributed by atoms with van der Waals surface area (Å²) in [5.74, 6) is 1.52. The van der Waals surface area contributed by atoms with E-state index < -0.39 is 0 Å². The molecule has 0 aliphatic carbocycles. The predicted octanol–water partition coefficient (Wildman–Crippen LogP) is 1.44. The molecule has 1 aromatic rings. The number of benzene rings is 1. The van der Waals surface area contributed by atoms with Crippen LogP contribution in [0.2, 0.25) is 0 Å². The SMILES string of the molecule is C[C@H](C[NH2+]C[C@@H]1CCCO1)COc1ccccc1. The number of nitrogens with two attached hydrogens (primary N) is 1. The number of rotatable bonds is 7. The van der Waals surface area contributed by atoms with Crippen LogP contribution in [0.15, 0.2) is 30.3 Å². The van der Waals surface area contributed by atoms with Crippen molar-refractivity contribution in [2.24, 2.45) is 5.92 Å². The van der Waals surface area contributed by atoms with Crippen LogP contribution < -0.4 is 10.1 Å². The molecule has 0 spiro atoms. The Morgan fingerprint density at radius 1 is 1.39 bits per heavy atom. The molecular formula is C15H24NO2+. The first-order chi connectivity index (χ1) is 8.84. The second kappa shape index (κ2) is 7.39. The molecule has 0 bridgehead atoms. The van der Waals surface area contributed by atoms with Gasteiger partial charge >= 0.3 is 0 Å². The normalized spacial score (nSPS) is 20.8. The van der Waals surface area contributed by atoms with E-state index in [2.05, 4.69) is 12.2 Å². The van der Waals surface area contributed by atoms with Crippen molar-refractivity contribution in [1.29, 1.82) is 0 Å². The minimum absolute atomic E-state index is 0.479. The Morgan fingerprint density at radius 3 is 2.94 bits per heavy atom. The Kier molecular flexibility index (Phi) is 5.49. The van der Waals surface area contributed by atoms with Crippen molar-refractivity contribution in [2.75, 3.05) is 26.3 Å². The van der Waals surface area contributed by atoms with Crippen LogP contribution in [0.4, 0.5) is 0 Å². The van der Waals surface area contributed by atoms with Crippen molar-refractivity contribution in [2.45, 2.75) is 25.9 Å². The Balaban J connectivity index is 1.56. The first kappa shape index (κ1) is 13.4. The maximum atomic E-state index is 5.74. The van der Waals surface area contributed by atoms with Gasteiger partial charge in [0.25, 0.3) is 0 Å². The first-order valence-electron chi connectivity index (χ1n) is 6.95. The first-order valence-corrected chi connectivity index (χ1v) is 6.95. The van der Waals surface area contributed by atoms with Crippen molar-refractivity contribution in [3.05, 3.63) is 30.3 Å². The van der Waals surface area contributed by atoms with Crippen molar-refractivity contribution >= 4 is 0 Å². The maximum absolute atomic E-state index is 5.74. The van der Waals surface area contributed by atoms with Crippen LogP contribution in [0.25, 0.3) is 0 Å². The smallest absolute Gasteiger partial charge is 0.119 e. The van der Waals surface area contributed by atoms with Gasteiger partial charge in [-0.15, -0.1) is 0 Å². The minimum atomic E-state index is 0.479. The molecule has 1 aromatic carbocycles. The lowest BCUT2D eigenvalue weighted by Crippen LogP contribution is -2.87. The van der Waals surface area contributed by atoms with Crippen molar-refractivity contribution in [1.82, 2.24) is 0 Å².